The van der Waals surface area contributed by atoms with E-state index in [4.69, 9.17) is 0 Å². The van der Waals surface area contributed by atoms with Crippen molar-refractivity contribution in [1.29, 1.82) is 0 Å². The molecule has 1 saturated heterocycles. The molecular weight excluding hydrogens is 347 g/mol. The van der Waals surface area contributed by atoms with Crippen LogP contribution < -0.4 is 0 Å². The van der Waals surface area contributed by atoms with Crippen LogP contribution >= 0.6 is 0 Å². The molecule has 1 fully saturated rings. The molecule has 1 aromatic heterocycles. The molecule has 1 aliphatic rings. The van der Waals surface area contributed by atoms with Crippen LogP contribution in [0.3, 0.4) is 0 Å². The molecule has 0 saturated carbocycles. The van der Waals surface area contributed by atoms with Gasteiger partial charge >= 0.3 is 0 Å². The fraction of sp³-hybridized carbons (Fsp3) is 0.450. The van der Waals surface area contributed by atoms with Crippen LogP contribution in [0.1, 0.15) is 29.8 Å². The molecule has 0 unspecified atom stereocenters. The highest BCUT2D eigenvalue weighted by Crippen LogP contribution is 2.21. The van der Waals surface area contributed by atoms with Crippen LogP contribution in [0.4, 0.5) is 4.39 Å². The summed E-state index contributed by atoms with van der Waals surface area (Å²) in [6, 6.07) is 8.32. The zero-order valence-electron chi connectivity index (χ0n) is 15.7. The minimum atomic E-state index is -0.277. The molecule has 0 bridgehead atoms. The topological polar surface area (TPSA) is 69.3 Å². The second-order valence-electron chi connectivity index (χ2n) is 7.19. The Bertz CT molecular complexity index is 820. The number of piperidine rings is 1. The molecule has 1 N–H and O–H groups in total. The number of nitrogens with zero attached hydrogens (tertiary/aromatic N) is 3. The van der Waals surface area contributed by atoms with Crippen molar-refractivity contribution < 1.29 is 14.0 Å². The van der Waals surface area contributed by atoms with Crippen molar-refractivity contribution in [3.05, 3.63) is 53.1 Å². The zero-order chi connectivity index (χ0) is 19.4. The van der Waals surface area contributed by atoms with Crippen LogP contribution in [0.5, 0.6) is 0 Å². The summed E-state index contributed by atoms with van der Waals surface area (Å²) in [6.45, 7) is 3.27. The molecular formula is C20H25FN4O2. The molecule has 2 heterocycles. The van der Waals surface area contributed by atoms with E-state index < -0.39 is 0 Å². The summed E-state index contributed by atoms with van der Waals surface area (Å²) in [4.78, 5) is 28.4. The molecule has 1 aromatic carbocycles. The summed E-state index contributed by atoms with van der Waals surface area (Å²) in [6.07, 6.45) is 1.51. The number of likely N-dealkylation sites (tertiary alicyclic amines) is 1. The Balaban J connectivity index is 1.56. The number of nitrogens with one attached hydrogen (secondary N) is 1. The highest BCUT2D eigenvalue weighted by atomic mass is 19.1. The predicted molar refractivity (Wildman–Crippen MR) is 99.2 cm³/mol. The lowest BCUT2D eigenvalue weighted by Gasteiger charge is -2.33. The number of carbonyl (C=O) groups excluding carboxylic acids is 2. The van der Waals surface area contributed by atoms with Crippen molar-refractivity contribution in [2.24, 2.45) is 5.92 Å². The van der Waals surface area contributed by atoms with E-state index in [1.165, 1.54) is 12.1 Å². The van der Waals surface area contributed by atoms with Crippen molar-refractivity contribution in [3.8, 4) is 0 Å². The molecule has 6 nitrogen and oxygen atoms in total. The van der Waals surface area contributed by atoms with E-state index in [9.17, 15) is 14.0 Å². The van der Waals surface area contributed by atoms with Gasteiger partial charge in [-0.1, -0.05) is 12.1 Å². The SMILES string of the molecule is Cc1cc(CN(C)C(=O)[C@H]2CCC(=O)N(CCc3cccc(F)c3)C2)n[nH]1. The lowest BCUT2D eigenvalue weighted by molar-refractivity contribution is -0.142. The van der Waals surface area contributed by atoms with Crippen molar-refractivity contribution >= 4 is 11.8 Å². The molecule has 1 aliphatic heterocycles. The van der Waals surface area contributed by atoms with E-state index >= 15 is 0 Å². The number of benzene rings is 1. The van der Waals surface area contributed by atoms with Crippen molar-refractivity contribution in [2.75, 3.05) is 20.1 Å². The molecule has 0 aliphatic carbocycles. The number of hydrogen-bond donors (Lipinski definition) is 1. The number of halogens is 1. The third-order valence-electron chi connectivity index (χ3n) is 4.94. The van der Waals surface area contributed by atoms with E-state index in [-0.39, 0.29) is 23.5 Å². The van der Waals surface area contributed by atoms with Gasteiger partial charge in [-0.15, -0.1) is 0 Å². The van der Waals surface area contributed by atoms with Crippen LogP contribution in [-0.4, -0.2) is 51.9 Å². The van der Waals surface area contributed by atoms with Crippen LogP contribution in [0, 0.1) is 18.7 Å². The third kappa shape index (κ3) is 4.93. The average Bonchev–Trinajstić information content (AvgIpc) is 3.05. The lowest BCUT2D eigenvalue weighted by Crippen LogP contribution is -2.46. The van der Waals surface area contributed by atoms with Gasteiger partial charge in [0.1, 0.15) is 5.82 Å². The van der Waals surface area contributed by atoms with Crippen molar-refractivity contribution in [1.82, 2.24) is 20.0 Å². The largest absolute Gasteiger partial charge is 0.342 e. The smallest absolute Gasteiger partial charge is 0.227 e. The number of H-pyrrole nitrogens is 1. The summed E-state index contributed by atoms with van der Waals surface area (Å²) in [5, 5.41) is 7.04. The molecule has 0 radical (unpaired) electrons. The summed E-state index contributed by atoms with van der Waals surface area (Å²) in [5.41, 5.74) is 2.62. The van der Waals surface area contributed by atoms with Gasteiger partial charge in [0.2, 0.25) is 11.8 Å². The summed E-state index contributed by atoms with van der Waals surface area (Å²) < 4.78 is 13.3. The molecule has 7 heteroatoms. The number of hydrogen-bond acceptors (Lipinski definition) is 3. The van der Waals surface area contributed by atoms with Crippen molar-refractivity contribution in [3.63, 3.8) is 0 Å². The maximum Gasteiger partial charge on any atom is 0.227 e. The Morgan fingerprint density at radius 3 is 2.93 bits per heavy atom. The Labute approximate surface area is 158 Å². The van der Waals surface area contributed by atoms with Gasteiger partial charge in [0.05, 0.1) is 18.2 Å². The Kier molecular flexibility index (Phi) is 5.88. The van der Waals surface area contributed by atoms with Gasteiger partial charge in [-0.25, -0.2) is 4.39 Å². The lowest BCUT2D eigenvalue weighted by atomic mass is 9.95. The van der Waals surface area contributed by atoms with Crippen LogP contribution in [0.2, 0.25) is 0 Å². The number of aromatic nitrogens is 2. The van der Waals surface area contributed by atoms with Crippen LogP contribution in [0.25, 0.3) is 0 Å². The number of carbonyl (C=O) groups is 2. The second kappa shape index (κ2) is 8.33. The average molecular weight is 372 g/mol. The highest BCUT2D eigenvalue weighted by molar-refractivity contribution is 5.83. The number of rotatable bonds is 6. The second-order valence-corrected chi connectivity index (χ2v) is 7.19. The molecule has 144 valence electrons. The van der Waals surface area contributed by atoms with Crippen molar-refractivity contribution in [2.45, 2.75) is 32.7 Å². The minimum Gasteiger partial charge on any atom is -0.342 e. The van der Waals surface area contributed by atoms with Gasteiger partial charge in [-0.05, 0) is 43.5 Å². The standard InChI is InChI=1S/C20H25FN4O2/c1-14-10-18(23-22-14)13-24(2)20(27)16-6-7-19(26)25(12-16)9-8-15-4-3-5-17(21)11-15/h3-5,10-11,16H,6-9,12-13H2,1-2H3,(H,22,23)/t16-/m0/s1. The summed E-state index contributed by atoms with van der Waals surface area (Å²) in [5.74, 6) is -0.402. The number of amides is 2. The summed E-state index contributed by atoms with van der Waals surface area (Å²) >= 11 is 0. The van der Waals surface area contributed by atoms with E-state index in [2.05, 4.69) is 10.2 Å². The van der Waals surface area contributed by atoms with E-state index in [1.807, 2.05) is 19.1 Å². The molecule has 2 aromatic rings. The van der Waals surface area contributed by atoms with Gasteiger partial charge in [-0.2, -0.15) is 5.10 Å². The Hall–Kier alpha value is -2.70. The third-order valence-corrected chi connectivity index (χ3v) is 4.94. The molecule has 27 heavy (non-hydrogen) atoms. The predicted octanol–water partition coefficient (Wildman–Crippen LogP) is 2.30. The molecule has 0 spiro atoms. The first kappa shape index (κ1) is 19.1. The summed E-state index contributed by atoms with van der Waals surface area (Å²) in [7, 11) is 1.76. The Morgan fingerprint density at radius 1 is 1.41 bits per heavy atom. The normalized spacial score (nSPS) is 17.2. The fourth-order valence-electron chi connectivity index (χ4n) is 3.48. The number of aromatic amines is 1. The maximum absolute atomic E-state index is 13.3. The van der Waals surface area contributed by atoms with Gasteiger partial charge in [-0.3, -0.25) is 14.7 Å². The first-order chi connectivity index (χ1) is 12.9. The Morgan fingerprint density at radius 2 is 2.22 bits per heavy atom. The van der Waals surface area contributed by atoms with E-state index in [0.717, 1.165) is 17.0 Å². The van der Waals surface area contributed by atoms with Crippen LogP contribution in [0.15, 0.2) is 30.3 Å². The van der Waals surface area contributed by atoms with Gasteiger partial charge in [0.25, 0.3) is 0 Å². The van der Waals surface area contributed by atoms with Gasteiger partial charge < -0.3 is 9.80 Å². The first-order valence-electron chi connectivity index (χ1n) is 9.20. The molecule has 3 rings (SSSR count). The van der Waals surface area contributed by atoms with Gasteiger partial charge in [0.15, 0.2) is 0 Å². The van der Waals surface area contributed by atoms with E-state index in [0.29, 0.717) is 38.9 Å². The zero-order valence-corrected chi connectivity index (χ0v) is 15.7. The van der Waals surface area contributed by atoms with Gasteiger partial charge in [0, 0.05) is 32.3 Å². The quantitative estimate of drug-likeness (QED) is 0.846. The number of aryl methyl sites for hydroxylation is 1. The fourth-order valence-corrected chi connectivity index (χ4v) is 3.48. The molecule has 2 amide bonds. The highest BCUT2D eigenvalue weighted by Gasteiger charge is 2.31. The van der Waals surface area contributed by atoms with E-state index in [1.54, 1.807) is 22.9 Å². The van der Waals surface area contributed by atoms with Crippen LogP contribution in [-0.2, 0) is 22.6 Å². The molecule has 1 atom stereocenters. The monoisotopic (exact) mass is 372 g/mol. The minimum absolute atomic E-state index is 0.0268. The maximum atomic E-state index is 13.3. The first-order valence-corrected chi connectivity index (χ1v) is 9.20.